The van der Waals surface area contributed by atoms with Crippen LogP contribution in [0.3, 0.4) is 0 Å². The fraction of sp³-hybridized carbons (Fsp3) is 1.00. The minimum absolute atomic E-state index is 0. The van der Waals surface area contributed by atoms with Crippen molar-refractivity contribution in [3.8, 4) is 0 Å². The summed E-state index contributed by atoms with van der Waals surface area (Å²) in [5.74, 6) is 0. The molecule has 0 aromatic rings. The van der Waals surface area contributed by atoms with Crippen LogP contribution in [0, 0.1) is 0 Å². The van der Waals surface area contributed by atoms with Crippen LogP contribution in [0.4, 0.5) is 4.39 Å². The van der Waals surface area contributed by atoms with Crippen molar-refractivity contribution in [3.05, 3.63) is 0 Å². The SMILES string of the molecule is CCCCCCCCCCCC(F)(CCCCCCC)S(=O)(=O)[O-].[Li+]. The molecule has 0 spiro atoms. The number of unbranched alkanes of at least 4 members (excludes halogenated alkanes) is 12. The third kappa shape index (κ3) is 14.2. The molecule has 0 saturated heterocycles. The second-order valence-corrected chi connectivity index (χ2v) is 8.72. The molecule has 0 fully saturated rings. The van der Waals surface area contributed by atoms with E-state index in [4.69, 9.17) is 0 Å². The summed E-state index contributed by atoms with van der Waals surface area (Å²) in [7, 11) is -4.88. The van der Waals surface area contributed by atoms with Gasteiger partial charge in [-0.05, 0) is 25.7 Å². The third-order valence-corrected chi connectivity index (χ3v) is 6.06. The van der Waals surface area contributed by atoms with E-state index in [1.54, 1.807) is 0 Å². The molecule has 3 nitrogen and oxygen atoms in total. The number of hydrogen-bond acceptors (Lipinski definition) is 3. The Labute approximate surface area is 167 Å². The Bertz CT molecular complexity index is 390. The maximum atomic E-state index is 14.6. The molecule has 0 aliphatic carbocycles. The fourth-order valence-corrected chi connectivity index (χ4v) is 3.86. The predicted octanol–water partition coefficient (Wildman–Crippen LogP) is 3.48. The zero-order valence-corrected chi connectivity index (χ0v) is 17.6. The monoisotopic (exact) mass is 372 g/mol. The second-order valence-electron chi connectivity index (χ2n) is 7.08. The van der Waals surface area contributed by atoms with Crippen LogP contribution in [0.2, 0.25) is 0 Å². The summed E-state index contributed by atoms with van der Waals surface area (Å²) in [6.45, 7) is 4.28. The van der Waals surface area contributed by atoms with Gasteiger partial charge in [0.05, 0.1) is 0 Å². The van der Waals surface area contributed by atoms with Crippen molar-refractivity contribution in [2.75, 3.05) is 0 Å². The van der Waals surface area contributed by atoms with E-state index in [9.17, 15) is 17.4 Å². The average molecular weight is 373 g/mol. The summed E-state index contributed by atoms with van der Waals surface area (Å²) in [6.07, 6.45) is 13.8. The molecule has 0 saturated carbocycles. The first-order chi connectivity index (χ1) is 11.4. The molecule has 6 heteroatoms. The van der Waals surface area contributed by atoms with Gasteiger partial charge in [-0.15, -0.1) is 0 Å². The molecule has 1 atom stereocenters. The Hall–Kier alpha value is 0.437. The maximum Gasteiger partial charge on any atom is 1.00 e. The van der Waals surface area contributed by atoms with Crippen molar-refractivity contribution >= 4 is 10.1 Å². The Kier molecular flexibility index (Phi) is 18.4. The van der Waals surface area contributed by atoms with E-state index in [1.807, 2.05) is 0 Å². The summed E-state index contributed by atoms with van der Waals surface area (Å²) >= 11 is 0. The Balaban J connectivity index is 0. The van der Waals surface area contributed by atoms with Crippen molar-refractivity contribution in [2.45, 2.75) is 122 Å². The minimum atomic E-state index is -4.88. The van der Waals surface area contributed by atoms with Gasteiger partial charge in [-0.1, -0.05) is 90.9 Å². The molecule has 0 radical (unpaired) electrons. The zero-order valence-electron chi connectivity index (χ0n) is 16.8. The standard InChI is InChI=1S/C19H39FO3S.Li/c1-3-5-7-9-10-11-12-14-16-18-19(20,24(21,22)23)17-15-13-8-6-4-2;/h3-18H2,1-2H3,(H,21,22,23);/q;+1/p-1. The zero-order chi connectivity index (χ0) is 18.3. The van der Waals surface area contributed by atoms with Crippen molar-refractivity contribution in [1.82, 2.24) is 0 Å². The van der Waals surface area contributed by atoms with Crippen LogP contribution in [0.5, 0.6) is 0 Å². The van der Waals surface area contributed by atoms with Gasteiger partial charge >= 0.3 is 18.9 Å². The second kappa shape index (κ2) is 16.6. The summed E-state index contributed by atoms with van der Waals surface area (Å²) in [6, 6.07) is 0. The van der Waals surface area contributed by atoms with Gasteiger partial charge in [0.15, 0.2) is 5.00 Å². The van der Waals surface area contributed by atoms with Crippen LogP contribution in [0.1, 0.15) is 117 Å². The van der Waals surface area contributed by atoms with Gasteiger partial charge in [-0.3, -0.25) is 0 Å². The summed E-state index contributed by atoms with van der Waals surface area (Å²) in [5.41, 5.74) is 0. The van der Waals surface area contributed by atoms with Crippen LogP contribution >= 0.6 is 0 Å². The van der Waals surface area contributed by atoms with E-state index in [1.165, 1.54) is 32.1 Å². The Morgan fingerprint density at radius 1 is 0.680 bits per heavy atom. The normalized spacial score (nSPS) is 14.1. The Morgan fingerprint density at radius 2 is 0.960 bits per heavy atom. The first-order valence-corrected chi connectivity index (χ1v) is 11.4. The molecule has 0 rings (SSSR count). The largest absolute Gasteiger partial charge is 1.00 e. The van der Waals surface area contributed by atoms with Crippen molar-refractivity contribution < 1.29 is 36.2 Å². The predicted molar refractivity (Wildman–Crippen MR) is 98.8 cm³/mol. The van der Waals surface area contributed by atoms with Gasteiger partial charge in [0.2, 0.25) is 0 Å². The first-order valence-electron chi connectivity index (χ1n) is 10.0. The molecule has 25 heavy (non-hydrogen) atoms. The smallest absolute Gasteiger partial charge is 0.745 e. The minimum Gasteiger partial charge on any atom is -0.745 e. The fourth-order valence-electron chi connectivity index (χ4n) is 3.07. The van der Waals surface area contributed by atoms with Crippen LogP contribution in [0.25, 0.3) is 0 Å². The third-order valence-electron chi connectivity index (χ3n) is 4.76. The number of alkyl halides is 1. The topological polar surface area (TPSA) is 57.2 Å². The van der Waals surface area contributed by atoms with Crippen LogP contribution < -0.4 is 18.9 Å². The molecule has 0 aromatic carbocycles. The molecule has 146 valence electrons. The van der Waals surface area contributed by atoms with E-state index >= 15 is 0 Å². The molecule has 0 N–H and O–H groups in total. The maximum absolute atomic E-state index is 14.6. The van der Waals surface area contributed by atoms with Crippen molar-refractivity contribution in [3.63, 3.8) is 0 Å². The van der Waals surface area contributed by atoms with Gasteiger partial charge in [0.1, 0.15) is 10.1 Å². The number of rotatable bonds is 17. The average Bonchev–Trinajstić information content (AvgIpc) is 2.52. The summed E-state index contributed by atoms with van der Waals surface area (Å²) < 4.78 is 48.5. The van der Waals surface area contributed by atoms with E-state index in [2.05, 4.69) is 13.8 Å². The quantitative estimate of drug-likeness (QED) is 0.223. The van der Waals surface area contributed by atoms with Crippen LogP contribution in [-0.4, -0.2) is 18.0 Å². The molecule has 1 unspecified atom stereocenters. The summed E-state index contributed by atoms with van der Waals surface area (Å²) in [4.78, 5) is 0. The molecular weight excluding hydrogens is 334 g/mol. The van der Waals surface area contributed by atoms with Crippen LogP contribution in [-0.2, 0) is 10.1 Å². The molecule has 0 amide bonds. The first kappa shape index (κ1) is 27.7. The Morgan fingerprint density at radius 3 is 1.24 bits per heavy atom. The van der Waals surface area contributed by atoms with E-state index in [0.717, 1.165) is 44.9 Å². The van der Waals surface area contributed by atoms with Gasteiger partial charge < -0.3 is 4.55 Å². The molecular formula is C19H38FLiO3S. The van der Waals surface area contributed by atoms with Gasteiger partial charge in [0.25, 0.3) is 0 Å². The number of halogens is 1. The molecule has 0 aliphatic rings. The van der Waals surface area contributed by atoms with E-state index < -0.39 is 15.1 Å². The molecule has 0 heterocycles. The number of hydrogen-bond donors (Lipinski definition) is 0. The van der Waals surface area contributed by atoms with Crippen molar-refractivity contribution in [2.24, 2.45) is 0 Å². The molecule has 0 bridgehead atoms. The molecule has 0 aliphatic heterocycles. The van der Waals surface area contributed by atoms with E-state index in [0.29, 0.717) is 12.8 Å². The van der Waals surface area contributed by atoms with Gasteiger partial charge in [-0.2, -0.15) is 0 Å². The summed E-state index contributed by atoms with van der Waals surface area (Å²) in [5, 5.41) is -2.56. The van der Waals surface area contributed by atoms with E-state index in [-0.39, 0.29) is 31.7 Å². The van der Waals surface area contributed by atoms with Gasteiger partial charge in [-0.25, -0.2) is 12.8 Å². The molecule has 0 aromatic heterocycles. The van der Waals surface area contributed by atoms with Crippen LogP contribution in [0.15, 0.2) is 0 Å². The van der Waals surface area contributed by atoms with Crippen molar-refractivity contribution in [1.29, 1.82) is 0 Å². The van der Waals surface area contributed by atoms with Gasteiger partial charge in [0, 0.05) is 0 Å².